The van der Waals surface area contributed by atoms with Crippen LogP contribution in [0.3, 0.4) is 0 Å². The number of hydrogen-bond acceptors (Lipinski definition) is 5. The third-order valence-corrected chi connectivity index (χ3v) is 4.17. The van der Waals surface area contributed by atoms with E-state index in [4.69, 9.17) is 4.98 Å². The molecule has 3 heterocycles. The number of likely N-dealkylation sites (N-methyl/N-ethyl adjacent to an activating group) is 1. The Bertz CT molecular complexity index is 712. The molecule has 3 rings (SSSR count). The molecule has 0 aromatic carbocycles. The van der Waals surface area contributed by atoms with Gasteiger partial charge in [-0.2, -0.15) is 0 Å². The molecule has 6 heteroatoms. The van der Waals surface area contributed by atoms with E-state index in [1.165, 1.54) is 0 Å². The fraction of sp³-hybridized carbons (Fsp3) is 0.438. The Labute approximate surface area is 130 Å². The minimum Gasteiger partial charge on any atom is -0.337 e. The van der Waals surface area contributed by atoms with Gasteiger partial charge in [0.1, 0.15) is 0 Å². The molecule has 0 unspecified atom stereocenters. The van der Waals surface area contributed by atoms with Gasteiger partial charge in [-0.3, -0.25) is 14.3 Å². The van der Waals surface area contributed by atoms with E-state index in [1.807, 2.05) is 12.1 Å². The lowest BCUT2D eigenvalue weighted by Crippen LogP contribution is -2.52. The molecule has 22 heavy (non-hydrogen) atoms. The topological polar surface area (TPSA) is 54.3 Å². The zero-order valence-corrected chi connectivity index (χ0v) is 13.2. The number of rotatable bonds is 2. The van der Waals surface area contributed by atoms with E-state index in [2.05, 4.69) is 28.8 Å². The van der Waals surface area contributed by atoms with Crippen molar-refractivity contribution in [2.75, 3.05) is 31.6 Å². The number of anilines is 1. The van der Waals surface area contributed by atoms with Gasteiger partial charge < -0.3 is 9.80 Å². The number of piperazine rings is 1. The van der Waals surface area contributed by atoms with Crippen LogP contribution in [-0.2, 0) is 7.05 Å². The molecular weight excluding hydrogens is 278 g/mol. The smallest absolute Gasteiger partial charge is 0.255 e. The van der Waals surface area contributed by atoms with Crippen LogP contribution in [0.4, 0.5) is 5.95 Å². The van der Waals surface area contributed by atoms with Crippen molar-refractivity contribution in [2.45, 2.75) is 13.0 Å². The fourth-order valence-corrected chi connectivity index (χ4v) is 2.89. The Morgan fingerprint density at radius 3 is 2.59 bits per heavy atom. The molecule has 0 saturated carbocycles. The number of aromatic nitrogens is 3. The Kier molecular flexibility index (Phi) is 3.94. The van der Waals surface area contributed by atoms with Crippen LogP contribution in [-0.4, -0.2) is 52.2 Å². The molecule has 1 aliphatic heterocycles. The lowest BCUT2D eigenvalue weighted by molar-refractivity contribution is 0.272. The summed E-state index contributed by atoms with van der Waals surface area (Å²) in [7, 11) is 3.90. The Morgan fingerprint density at radius 2 is 1.91 bits per heavy atom. The maximum atomic E-state index is 12.3. The van der Waals surface area contributed by atoms with Gasteiger partial charge in [0, 0.05) is 56.7 Å². The summed E-state index contributed by atoms with van der Waals surface area (Å²) in [6, 6.07) is 5.65. The highest BCUT2D eigenvalue weighted by molar-refractivity contribution is 5.59. The molecule has 1 saturated heterocycles. The van der Waals surface area contributed by atoms with Crippen LogP contribution in [0.1, 0.15) is 6.92 Å². The second-order valence-electron chi connectivity index (χ2n) is 5.88. The van der Waals surface area contributed by atoms with Crippen molar-refractivity contribution in [1.29, 1.82) is 0 Å². The van der Waals surface area contributed by atoms with E-state index in [-0.39, 0.29) is 5.56 Å². The highest BCUT2D eigenvalue weighted by atomic mass is 16.1. The summed E-state index contributed by atoms with van der Waals surface area (Å²) >= 11 is 0. The quantitative estimate of drug-likeness (QED) is 0.827. The first kappa shape index (κ1) is 14.7. The lowest BCUT2D eigenvalue weighted by Gasteiger charge is -2.39. The van der Waals surface area contributed by atoms with Crippen LogP contribution in [0.15, 0.2) is 35.4 Å². The molecular formula is C16H21N5O. The molecule has 1 atom stereocenters. The van der Waals surface area contributed by atoms with Crippen LogP contribution < -0.4 is 10.5 Å². The SMILES string of the molecule is C[C@@H]1CN(C)CCN1c1nc(-c2ccncc2)cc(=O)n1C. The average molecular weight is 299 g/mol. The zero-order valence-electron chi connectivity index (χ0n) is 13.2. The van der Waals surface area contributed by atoms with Crippen molar-refractivity contribution in [1.82, 2.24) is 19.4 Å². The first-order chi connectivity index (χ1) is 10.6. The normalized spacial score (nSPS) is 19.4. The summed E-state index contributed by atoms with van der Waals surface area (Å²) in [5.74, 6) is 0.736. The summed E-state index contributed by atoms with van der Waals surface area (Å²) in [6.07, 6.45) is 3.43. The molecule has 0 radical (unpaired) electrons. The van der Waals surface area contributed by atoms with Gasteiger partial charge in [0.05, 0.1) is 5.69 Å². The zero-order chi connectivity index (χ0) is 15.7. The largest absolute Gasteiger partial charge is 0.337 e. The van der Waals surface area contributed by atoms with E-state index in [9.17, 15) is 4.79 Å². The van der Waals surface area contributed by atoms with E-state index in [1.54, 1.807) is 30.1 Å². The van der Waals surface area contributed by atoms with Crippen LogP contribution in [0.25, 0.3) is 11.3 Å². The van der Waals surface area contributed by atoms with Crippen molar-refractivity contribution < 1.29 is 0 Å². The van der Waals surface area contributed by atoms with Crippen molar-refractivity contribution >= 4 is 5.95 Å². The van der Waals surface area contributed by atoms with E-state index in [0.29, 0.717) is 11.7 Å². The van der Waals surface area contributed by atoms with Crippen LogP contribution in [0.5, 0.6) is 0 Å². The molecule has 0 spiro atoms. The number of hydrogen-bond donors (Lipinski definition) is 0. The third kappa shape index (κ3) is 2.74. The summed E-state index contributed by atoms with van der Waals surface area (Å²) in [5.41, 5.74) is 1.57. The molecule has 6 nitrogen and oxygen atoms in total. The van der Waals surface area contributed by atoms with Gasteiger partial charge in [0.15, 0.2) is 0 Å². The van der Waals surface area contributed by atoms with Gasteiger partial charge in [-0.1, -0.05) is 0 Å². The monoisotopic (exact) mass is 299 g/mol. The minimum atomic E-state index is -0.0389. The van der Waals surface area contributed by atoms with Crippen LogP contribution in [0.2, 0.25) is 0 Å². The predicted molar refractivity (Wildman–Crippen MR) is 87.0 cm³/mol. The molecule has 2 aromatic rings. The van der Waals surface area contributed by atoms with Gasteiger partial charge in [0.2, 0.25) is 5.95 Å². The van der Waals surface area contributed by atoms with Gasteiger partial charge >= 0.3 is 0 Å². The third-order valence-electron chi connectivity index (χ3n) is 4.17. The van der Waals surface area contributed by atoms with Crippen molar-refractivity contribution in [3.05, 3.63) is 40.9 Å². The van der Waals surface area contributed by atoms with Crippen molar-refractivity contribution in [3.63, 3.8) is 0 Å². The fourth-order valence-electron chi connectivity index (χ4n) is 2.89. The minimum absolute atomic E-state index is 0.0389. The summed E-state index contributed by atoms with van der Waals surface area (Å²) < 4.78 is 1.63. The van der Waals surface area contributed by atoms with E-state index in [0.717, 1.165) is 31.1 Å². The molecule has 0 amide bonds. The molecule has 0 bridgehead atoms. The molecule has 1 fully saturated rings. The maximum Gasteiger partial charge on any atom is 0.255 e. The highest BCUT2D eigenvalue weighted by Crippen LogP contribution is 2.20. The predicted octanol–water partition coefficient (Wildman–Crippen LogP) is 0.983. The molecule has 2 aromatic heterocycles. The van der Waals surface area contributed by atoms with Gasteiger partial charge in [0.25, 0.3) is 5.56 Å². The molecule has 116 valence electrons. The van der Waals surface area contributed by atoms with Gasteiger partial charge in [-0.05, 0) is 26.1 Å². The average Bonchev–Trinajstić information content (AvgIpc) is 2.51. The Balaban J connectivity index is 2.04. The van der Waals surface area contributed by atoms with Crippen LogP contribution in [0, 0.1) is 0 Å². The van der Waals surface area contributed by atoms with E-state index >= 15 is 0 Å². The summed E-state index contributed by atoms with van der Waals surface area (Å²) in [5, 5.41) is 0. The standard InChI is InChI=1S/C16H21N5O/c1-12-11-19(2)8-9-21(12)16-18-14(10-15(22)20(16)3)13-4-6-17-7-5-13/h4-7,10,12H,8-9,11H2,1-3H3/t12-/m1/s1. The molecule has 1 aliphatic rings. The first-order valence-electron chi connectivity index (χ1n) is 7.50. The number of nitrogens with zero attached hydrogens (tertiary/aromatic N) is 5. The summed E-state index contributed by atoms with van der Waals surface area (Å²) in [4.78, 5) is 25.6. The Hall–Kier alpha value is -2.21. The van der Waals surface area contributed by atoms with Gasteiger partial charge in [-0.25, -0.2) is 4.98 Å². The second kappa shape index (κ2) is 5.88. The van der Waals surface area contributed by atoms with Crippen LogP contribution >= 0.6 is 0 Å². The highest BCUT2D eigenvalue weighted by Gasteiger charge is 2.25. The first-order valence-corrected chi connectivity index (χ1v) is 7.50. The van der Waals surface area contributed by atoms with E-state index < -0.39 is 0 Å². The summed E-state index contributed by atoms with van der Waals surface area (Å²) in [6.45, 7) is 4.98. The van der Waals surface area contributed by atoms with Crippen molar-refractivity contribution in [3.8, 4) is 11.3 Å². The van der Waals surface area contributed by atoms with Crippen molar-refractivity contribution in [2.24, 2.45) is 7.05 Å². The lowest BCUT2D eigenvalue weighted by atomic mass is 10.2. The maximum absolute atomic E-state index is 12.3. The second-order valence-corrected chi connectivity index (χ2v) is 5.88. The number of pyridine rings is 1. The molecule has 0 aliphatic carbocycles. The Morgan fingerprint density at radius 1 is 1.18 bits per heavy atom. The molecule has 0 N–H and O–H groups in total. The van der Waals surface area contributed by atoms with Gasteiger partial charge in [-0.15, -0.1) is 0 Å².